The number of ether oxygens (including phenoxy) is 1. The summed E-state index contributed by atoms with van der Waals surface area (Å²) in [4.78, 5) is 9.74. The summed E-state index contributed by atoms with van der Waals surface area (Å²) in [6.07, 6.45) is 1.93. The SMILES string of the molecule is CC(C)COCCNC=O.CCC. The van der Waals surface area contributed by atoms with Crippen molar-refractivity contribution in [3.05, 3.63) is 0 Å². The molecule has 1 amide bonds. The normalized spacial score (nSPS) is 9.00. The van der Waals surface area contributed by atoms with Crippen molar-refractivity contribution < 1.29 is 9.53 Å². The van der Waals surface area contributed by atoms with Gasteiger partial charge in [0.2, 0.25) is 6.41 Å². The first kappa shape index (κ1) is 14.9. The molecule has 3 heteroatoms. The van der Waals surface area contributed by atoms with E-state index in [9.17, 15) is 4.79 Å². The molecule has 13 heavy (non-hydrogen) atoms. The van der Waals surface area contributed by atoms with Crippen LogP contribution in [0, 0.1) is 5.92 Å². The minimum Gasteiger partial charge on any atom is -0.379 e. The van der Waals surface area contributed by atoms with Crippen LogP contribution in [0.2, 0.25) is 0 Å². The predicted octanol–water partition coefficient (Wildman–Crippen LogP) is 1.82. The second-order valence-electron chi connectivity index (χ2n) is 3.25. The van der Waals surface area contributed by atoms with Crippen LogP contribution >= 0.6 is 0 Å². The number of hydrogen-bond donors (Lipinski definition) is 1. The molecule has 0 rings (SSSR count). The van der Waals surface area contributed by atoms with Gasteiger partial charge in [-0.2, -0.15) is 0 Å². The summed E-state index contributed by atoms with van der Waals surface area (Å²) < 4.78 is 5.18. The first-order chi connectivity index (χ1) is 6.18. The third-order valence-corrected chi connectivity index (χ3v) is 0.925. The minimum atomic E-state index is 0.566. The highest BCUT2D eigenvalue weighted by Gasteiger charge is 1.91. The fourth-order valence-electron chi connectivity index (χ4n) is 0.509. The Kier molecular flexibility index (Phi) is 16.1. The Hall–Kier alpha value is -0.570. The molecule has 3 nitrogen and oxygen atoms in total. The van der Waals surface area contributed by atoms with Crippen molar-refractivity contribution in [2.45, 2.75) is 34.1 Å². The van der Waals surface area contributed by atoms with Crippen molar-refractivity contribution in [1.82, 2.24) is 5.32 Å². The number of hydrogen-bond acceptors (Lipinski definition) is 2. The van der Waals surface area contributed by atoms with E-state index in [2.05, 4.69) is 33.0 Å². The standard InChI is InChI=1S/C7H15NO2.C3H8/c1-7(2)5-10-4-3-8-6-9;1-3-2/h6-7H,3-5H2,1-2H3,(H,8,9);3H2,1-2H3. The van der Waals surface area contributed by atoms with E-state index in [1.165, 1.54) is 6.42 Å². The van der Waals surface area contributed by atoms with Gasteiger partial charge in [-0.3, -0.25) is 4.79 Å². The van der Waals surface area contributed by atoms with Crippen LogP contribution in [0.3, 0.4) is 0 Å². The highest BCUT2D eigenvalue weighted by atomic mass is 16.5. The highest BCUT2D eigenvalue weighted by molar-refractivity contribution is 5.45. The van der Waals surface area contributed by atoms with Crippen molar-refractivity contribution >= 4 is 6.41 Å². The first-order valence-corrected chi connectivity index (χ1v) is 4.93. The number of nitrogens with one attached hydrogen (secondary N) is 1. The Labute approximate surface area is 81.9 Å². The smallest absolute Gasteiger partial charge is 0.207 e. The van der Waals surface area contributed by atoms with E-state index < -0.39 is 0 Å². The quantitative estimate of drug-likeness (QED) is 0.511. The Morgan fingerprint density at radius 2 is 1.92 bits per heavy atom. The van der Waals surface area contributed by atoms with Gasteiger partial charge < -0.3 is 10.1 Å². The molecular weight excluding hydrogens is 166 g/mol. The Morgan fingerprint density at radius 3 is 2.31 bits per heavy atom. The summed E-state index contributed by atoms with van der Waals surface area (Å²) in [5, 5.41) is 2.52. The molecule has 0 atom stereocenters. The zero-order valence-corrected chi connectivity index (χ0v) is 9.30. The van der Waals surface area contributed by atoms with Crippen LogP contribution in [0.1, 0.15) is 34.1 Å². The van der Waals surface area contributed by atoms with Gasteiger partial charge in [0.15, 0.2) is 0 Å². The van der Waals surface area contributed by atoms with Gasteiger partial charge in [-0.05, 0) is 5.92 Å². The van der Waals surface area contributed by atoms with Crippen LogP contribution in [0.5, 0.6) is 0 Å². The Balaban J connectivity index is 0. The van der Waals surface area contributed by atoms with E-state index in [-0.39, 0.29) is 0 Å². The van der Waals surface area contributed by atoms with Crippen LogP contribution in [0.4, 0.5) is 0 Å². The van der Waals surface area contributed by atoms with Crippen molar-refractivity contribution in [3.63, 3.8) is 0 Å². The van der Waals surface area contributed by atoms with Gasteiger partial charge in [-0.25, -0.2) is 0 Å². The van der Waals surface area contributed by atoms with Crippen LogP contribution in [0.25, 0.3) is 0 Å². The summed E-state index contributed by atoms with van der Waals surface area (Å²) in [6.45, 7) is 10.4. The molecule has 0 saturated heterocycles. The van der Waals surface area contributed by atoms with E-state index in [4.69, 9.17) is 4.74 Å². The van der Waals surface area contributed by atoms with Gasteiger partial charge >= 0.3 is 0 Å². The van der Waals surface area contributed by atoms with E-state index in [1.807, 2.05) is 0 Å². The number of carbonyl (C=O) groups is 1. The zero-order valence-electron chi connectivity index (χ0n) is 9.30. The minimum absolute atomic E-state index is 0.566. The maximum Gasteiger partial charge on any atom is 0.207 e. The summed E-state index contributed by atoms with van der Waals surface area (Å²) in [5.74, 6) is 0.566. The lowest BCUT2D eigenvalue weighted by Gasteiger charge is -2.05. The molecule has 0 aliphatic carbocycles. The van der Waals surface area contributed by atoms with Gasteiger partial charge in [0.25, 0.3) is 0 Å². The molecule has 0 aliphatic rings. The Bertz CT molecular complexity index is 94.9. The van der Waals surface area contributed by atoms with Gasteiger partial charge in [-0.1, -0.05) is 34.1 Å². The summed E-state index contributed by atoms with van der Waals surface area (Å²) in [5.41, 5.74) is 0. The van der Waals surface area contributed by atoms with E-state index >= 15 is 0 Å². The molecular formula is C10H23NO2. The second kappa shape index (κ2) is 14.0. The van der Waals surface area contributed by atoms with Gasteiger partial charge in [0, 0.05) is 13.2 Å². The summed E-state index contributed by atoms with van der Waals surface area (Å²) in [7, 11) is 0. The van der Waals surface area contributed by atoms with E-state index in [0.717, 1.165) is 6.61 Å². The van der Waals surface area contributed by atoms with Crippen LogP contribution < -0.4 is 5.32 Å². The van der Waals surface area contributed by atoms with Crippen molar-refractivity contribution in [2.75, 3.05) is 19.8 Å². The molecule has 0 unspecified atom stereocenters. The van der Waals surface area contributed by atoms with Crippen molar-refractivity contribution in [2.24, 2.45) is 5.92 Å². The van der Waals surface area contributed by atoms with Crippen molar-refractivity contribution in [1.29, 1.82) is 0 Å². The molecule has 0 spiro atoms. The number of amides is 1. The summed E-state index contributed by atoms with van der Waals surface area (Å²) in [6, 6.07) is 0. The second-order valence-corrected chi connectivity index (χ2v) is 3.25. The molecule has 1 N–H and O–H groups in total. The van der Waals surface area contributed by atoms with Crippen molar-refractivity contribution in [3.8, 4) is 0 Å². The molecule has 0 saturated carbocycles. The zero-order chi connectivity index (χ0) is 10.5. The van der Waals surface area contributed by atoms with Crippen LogP contribution in [-0.2, 0) is 9.53 Å². The molecule has 0 aromatic heterocycles. The lowest BCUT2D eigenvalue weighted by atomic mass is 10.2. The third-order valence-electron chi connectivity index (χ3n) is 0.925. The largest absolute Gasteiger partial charge is 0.379 e. The monoisotopic (exact) mass is 189 g/mol. The van der Waals surface area contributed by atoms with E-state index in [0.29, 0.717) is 25.5 Å². The maximum atomic E-state index is 9.74. The lowest BCUT2D eigenvalue weighted by molar-refractivity contribution is -0.109. The topological polar surface area (TPSA) is 38.3 Å². The molecule has 80 valence electrons. The summed E-state index contributed by atoms with van der Waals surface area (Å²) >= 11 is 0. The first-order valence-electron chi connectivity index (χ1n) is 4.93. The average molecular weight is 189 g/mol. The molecule has 0 aromatic carbocycles. The fourth-order valence-corrected chi connectivity index (χ4v) is 0.509. The van der Waals surface area contributed by atoms with Crippen LogP contribution in [0.15, 0.2) is 0 Å². The van der Waals surface area contributed by atoms with Gasteiger partial charge in [0.05, 0.1) is 6.61 Å². The predicted molar refractivity (Wildman–Crippen MR) is 55.7 cm³/mol. The van der Waals surface area contributed by atoms with Crippen LogP contribution in [-0.4, -0.2) is 26.2 Å². The van der Waals surface area contributed by atoms with Gasteiger partial charge in [-0.15, -0.1) is 0 Å². The fraction of sp³-hybridized carbons (Fsp3) is 0.900. The van der Waals surface area contributed by atoms with Gasteiger partial charge in [0.1, 0.15) is 0 Å². The molecule has 0 heterocycles. The number of rotatable bonds is 6. The Morgan fingerprint density at radius 1 is 1.38 bits per heavy atom. The number of carbonyl (C=O) groups excluding carboxylic acids is 1. The highest BCUT2D eigenvalue weighted by Crippen LogP contribution is 1.90. The molecule has 0 fully saturated rings. The maximum absolute atomic E-state index is 9.74. The third kappa shape index (κ3) is 24.6. The molecule has 0 bridgehead atoms. The molecule has 0 radical (unpaired) electrons. The molecule has 0 aliphatic heterocycles. The molecule has 0 aromatic rings. The lowest BCUT2D eigenvalue weighted by Crippen LogP contribution is -2.18. The van der Waals surface area contributed by atoms with E-state index in [1.54, 1.807) is 0 Å². The average Bonchev–Trinajstić information content (AvgIpc) is 2.05.